The lowest BCUT2D eigenvalue weighted by atomic mass is 9.57. The van der Waals surface area contributed by atoms with E-state index in [0.29, 0.717) is 11.3 Å². The summed E-state index contributed by atoms with van der Waals surface area (Å²) in [6.07, 6.45) is -4.99. The number of amides is 3. The van der Waals surface area contributed by atoms with E-state index in [9.17, 15) is 52.8 Å². The van der Waals surface area contributed by atoms with Gasteiger partial charge in [0.15, 0.2) is 17.1 Å². The van der Waals surface area contributed by atoms with Crippen molar-refractivity contribution >= 4 is 46.3 Å². The second kappa shape index (κ2) is 11.7. The molecule has 2 aromatic carbocycles. The van der Waals surface area contributed by atoms with Gasteiger partial charge in [0.2, 0.25) is 5.78 Å². The van der Waals surface area contributed by atoms with Crippen molar-refractivity contribution in [3.8, 4) is 11.5 Å². The van der Waals surface area contributed by atoms with E-state index in [0.717, 1.165) is 24.3 Å². The van der Waals surface area contributed by atoms with Gasteiger partial charge in [0.1, 0.15) is 22.8 Å². The van der Waals surface area contributed by atoms with E-state index in [-0.39, 0.29) is 35.4 Å². The fraction of sp³-hybridized carbons (Fsp3) is 0.355. The van der Waals surface area contributed by atoms with Crippen LogP contribution in [0.4, 0.5) is 35.0 Å². The monoisotopic (exact) mass is 675 g/mol. The first kappa shape index (κ1) is 34.1. The topological polar surface area (TPSA) is 215 Å². The third-order valence-corrected chi connectivity index (χ3v) is 8.77. The molecule has 3 aliphatic rings. The first-order chi connectivity index (χ1) is 22.3. The number of anilines is 3. The Balaban J connectivity index is 1.55. The molecule has 0 bridgehead atoms. The molecule has 1 fully saturated rings. The number of phenolic OH excluding ortho intramolecular Hbond substituents is 1. The number of halogens is 3. The van der Waals surface area contributed by atoms with E-state index in [2.05, 4.69) is 15.4 Å². The third-order valence-electron chi connectivity index (χ3n) is 8.77. The molecule has 0 saturated heterocycles. The van der Waals surface area contributed by atoms with Crippen molar-refractivity contribution in [2.45, 2.75) is 30.8 Å². The van der Waals surface area contributed by atoms with Crippen LogP contribution >= 0.6 is 0 Å². The fourth-order valence-corrected chi connectivity index (χ4v) is 6.81. The number of nitrogens with one attached hydrogen (secondary N) is 2. The van der Waals surface area contributed by atoms with E-state index in [1.165, 1.54) is 25.1 Å². The number of primary amides is 1. The molecule has 0 radical (unpaired) electrons. The number of carbonyl (C=O) groups excluding carboxylic acids is 4. The van der Waals surface area contributed by atoms with Gasteiger partial charge in [0.25, 0.3) is 5.91 Å². The maximum atomic E-state index is 14.1. The number of aliphatic hydroxyl groups excluding tert-OH is 2. The lowest BCUT2D eigenvalue weighted by Crippen LogP contribution is -2.65. The number of likely N-dealkylation sites (N-methyl/N-ethyl adjacent to an activating group) is 1. The Labute approximate surface area is 270 Å². The lowest BCUT2D eigenvalue weighted by molar-refractivity contribution is -0.274. The number of aromatic hydroxyl groups is 1. The van der Waals surface area contributed by atoms with Gasteiger partial charge in [-0.05, 0) is 68.8 Å². The van der Waals surface area contributed by atoms with Crippen LogP contribution in [-0.2, 0) is 20.8 Å². The van der Waals surface area contributed by atoms with Crippen molar-refractivity contribution in [1.82, 2.24) is 4.90 Å². The number of hydrogen-bond donors (Lipinski definition) is 7. The number of Topliss-reactive ketones (excluding diaryl/α,β-unsaturated/α-hetero) is 2. The number of fused-ring (bicyclic) bond motifs is 3. The molecule has 14 nitrogen and oxygen atoms in total. The van der Waals surface area contributed by atoms with Crippen LogP contribution in [0.2, 0.25) is 0 Å². The summed E-state index contributed by atoms with van der Waals surface area (Å²) in [4.78, 5) is 55.5. The van der Waals surface area contributed by atoms with E-state index in [1.807, 2.05) is 0 Å². The number of nitrogens with two attached hydrogens (primary N) is 1. The van der Waals surface area contributed by atoms with Crippen LogP contribution in [0.25, 0.3) is 5.76 Å². The highest BCUT2D eigenvalue weighted by Gasteiger charge is 2.64. The number of ether oxygens (including phenoxy) is 1. The maximum Gasteiger partial charge on any atom is 0.573 e. The van der Waals surface area contributed by atoms with Crippen molar-refractivity contribution in [1.29, 1.82) is 0 Å². The van der Waals surface area contributed by atoms with Gasteiger partial charge in [-0.25, -0.2) is 4.79 Å². The normalized spacial score (nSPS) is 23.7. The van der Waals surface area contributed by atoms with Crippen LogP contribution in [0.15, 0.2) is 47.2 Å². The molecule has 0 unspecified atom stereocenters. The molecule has 48 heavy (non-hydrogen) atoms. The highest BCUT2D eigenvalue weighted by atomic mass is 19.4. The Morgan fingerprint density at radius 2 is 1.67 bits per heavy atom. The quantitative estimate of drug-likeness (QED) is 0.175. The zero-order valence-corrected chi connectivity index (χ0v) is 26.0. The molecule has 0 spiro atoms. The molecule has 5 rings (SSSR count). The van der Waals surface area contributed by atoms with E-state index >= 15 is 0 Å². The van der Waals surface area contributed by atoms with E-state index in [1.54, 1.807) is 19.0 Å². The van der Waals surface area contributed by atoms with Crippen molar-refractivity contribution in [3.63, 3.8) is 0 Å². The Kier molecular flexibility index (Phi) is 8.33. The summed E-state index contributed by atoms with van der Waals surface area (Å²) in [6, 6.07) is 3.50. The smallest absolute Gasteiger partial charge is 0.508 e. The highest BCUT2D eigenvalue weighted by Crippen LogP contribution is 2.54. The summed E-state index contributed by atoms with van der Waals surface area (Å²) in [5.74, 6) is -8.62. The van der Waals surface area contributed by atoms with Crippen molar-refractivity contribution in [3.05, 3.63) is 58.4 Å². The number of ketones is 2. The first-order valence-corrected chi connectivity index (χ1v) is 14.4. The first-order valence-electron chi connectivity index (χ1n) is 14.4. The summed E-state index contributed by atoms with van der Waals surface area (Å²) in [7, 11) is 6.30. The molecule has 3 amide bonds. The molecule has 17 heteroatoms. The number of rotatable bonds is 6. The van der Waals surface area contributed by atoms with E-state index < -0.39 is 81.9 Å². The number of urea groups is 1. The van der Waals surface area contributed by atoms with Crippen LogP contribution in [0.1, 0.15) is 17.5 Å². The summed E-state index contributed by atoms with van der Waals surface area (Å²) in [6.45, 7) is 0. The zero-order valence-electron chi connectivity index (χ0n) is 26.0. The molecule has 3 aliphatic carbocycles. The lowest BCUT2D eigenvalue weighted by Gasteiger charge is -2.50. The predicted octanol–water partition coefficient (Wildman–Crippen LogP) is 2.57. The highest BCUT2D eigenvalue weighted by molar-refractivity contribution is 6.24. The van der Waals surface area contributed by atoms with Crippen LogP contribution < -0.4 is 26.0 Å². The minimum absolute atomic E-state index is 0.0223. The Bertz CT molecular complexity index is 1800. The molecule has 0 aliphatic heterocycles. The average Bonchev–Trinajstić information content (AvgIpc) is 2.96. The largest absolute Gasteiger partial charge is 0.573 e. The summed E-state index contributed by atoms with van der Waals surface area (Å²) < 4.78 is 41.2. The van der Waals surface area contributed by atoms with Crippen LogP contribution in [-0.4, -0.2) is 95.0 Å². The molecule has 256 valence electrons. The van der Waals surface area contributed by atoms with Gasteiger partial charge < -0.3 is 46.4 Å². The maximum absolute atomic E-state index is 14.1. The van der Waals surface area contributed by atoms with Gasteiger partial charge in [-0.1, -0.05) is 0 Å². The molecular formula is C31H32F3N5O9. The number of alkyl halides is 3. The molecule has 0 aromatic heterocycles. The molecule has 0 heterocycles. The standard InChI is InChI=1S/C31H32F3N5O9/c1-38(2)18-11-17(37-29(46)36-13-5-7-14(8-6-13)48-31(32,33)34)23(40)20-15(18)9-12-10-16-22(39(3)4)25(42)21(28(35)45)27(44)30(16,47)26(43)19(12)24(20)41/h5-8,11-12,16,22,40-41,44,47H,9-10H2,1-4H3,(H2,35,45)(H2,36,37,46)/t12-,16-,22-,30+/m1/s1. The van der Waals surface area contributed by atoms with Gasteiger partial charge in [0.05, 0.1) is 17.3 Å². The Morgan fingerprint density at radius 1 is 1.04 bits per heavy atom. The van der Waals surface area contributed by atoms with E-state index in [4.69, 9.17) is 5.73 Å². The van der Waals surface area contributed by atoms with Gasteiger partial charge in [-0.2, -0.15) is 0 Å². The molecule has 1 saturated carbocycles. The van der Waals surface area contributed by atoms with Crippen LogP contribution in [0, 0.1) is 11.8 Å². The molecule has 2 aromatic rings. The zero-order chi connectivity index (χ0) is 35.6. The van der Waals surface area contributed by atoms with Crippen molar-refractivity contribution in [2.24, 2.45) is 17.6 Å². The summed E-state index contributed by atoms with van der Waals surface area (Å²) in [5, 5.41) is 50.5. The van der Waals surface area contributed by atoms with Crippen LogP contribution in [0.3, 0.4) is 0 Å². The summed E-state index contributed by atoms with van der Waals surface area (Å²) >= 11 is 0. The minimum Gasteiger partial charge on any atom is -0.508 e. The fourth-order valence-electron chi connectivity index (χ4n) is 6.81. The average molecular weight is 676 g/mol. The minimum atomic E-state index is -4.91. The molecule has 8 N–H and O–H groups in total. The Hall–Kier alpha value is -5.29. The number of nitrogens with zero attached hydrogens (tertiary/aromatic N) is 2. The number of benzene rings is 2. The number of carbonyl (C=O) groups is 4. The van der Waals surface area contributed by atoms with Crippen LogP contribution in [0.5, 0.6) is 11.5 Å². The van der Waals surface area contributed by atoms with Crippen molar-refractivity contribution in [2.75, 3.05) is 43.7 Å². The second-order valence-electron chi connectivity index (χ2n) is 12.2. The number of hydrogen-bond acceptors (Lipinski definition) is 11. The van der Waals surface area contributed by atoms with Gasteiger partial charge in [-0.15, -0.1) is 13.2 Å². The number of aliphatic hydroxyl groups is 3. The second-order valence-corrected chi connectivity index (χ2v) is 12.2. The molecular weight excluding hydrogens is 643 g/mol. The van der Waals surface area contributed by atoms with Gasteiger partial charge in [-0.3, -0.25) is 19.3 Å². The third kappa shape index (κ3) is 5.53. The van der Waals surface area contributed by atoms with Gasteiger partial charge in [0, 0.05) is 37.0 Å². The van der Waals surface area contributed by atoms with Gasteiger partial charge >= 0.3 is 12.4 Å². The molecule has 4 atom stereocenters. The summed E-state index contributed by atoms with van der Waals surface area (Å²) in [5.41, 5.74) is 1.60. The SMILES string of the molecule is CN(C)c1cc(NC(=O)Nc2ccc(OC(F)(F)F)cc2)c(O)c2c1C[C@@H]1C[C@@H]3[C@@H](N(C)C)C(=O)C(C(N)=O)=C(O)[C@@]3(O)C(=O)C1=C2O. The van der Waals surface area contributed by atoms with Crippen molar-refractivity contribution < 1.29 is 57.5 Å². The predicted molar refractivity (Wildman–Crippen MR) is 164 cm³/mol. The Morgan fingerprint density at radius 3 is 2.21 bits per heavy atom. The number of phenols is 1.